The van der Waals surface area contributed by atoms with E-state index < -0.39 is 17.5 Å². The van der Waals surface area contributed by atoms with Gasteiger partial charge in [0.05, 0.1) is 11.7 Å². The summed E-state index contributed by atoms with van der Waals surface area (Å²) >= 11 is 0. The van der Waals surface area contributed by atoms with Crippen LogP contribution in [0.3, 0.4) is 0 Å². The molecule has 1 aromatic heterocycles. The summed E-state index contributed by atoms with van der Waals surface area (Å²) < 4.78 is 40.3. The lowest BCUT2D eigenvalue weighted by molar-refractivity contribution is -0.0172. The van der Waals surface area contributed by atoms with Gasteiger partial charge >= 0.3 is 0 Å². The van der Waals surface area contributed by atoms with E-state index in [1.807, 2.05) is 19.9 Å². The topological polar surface area (TPSA) is 63.7 Å². The average Bonchev–Trinajstić information content (AvgIpc) is 3.39. The third kappa shape index (κ3) is 4.28. The molecule has 2 heterocycles. The van der Waals surface area contributed by atoms with Crippen molar-refractivity contribution in [2.75, 3.05) is 30.4 Å². The standard InChI is InChI=1S/C25H29F2N3O3/c1-4-14-5-6-21(29-23(14)30-12-25(2,13-30)32-3)24(31)28-17-10-19(26)22(20(27)11-17)33-18-8-15-7-16(15)9-18/h5-6,10-11,15-16,18H,4,7-9,12-13H2,1-3H3,(H,28,31). The highest BCUT2D eigenvalue weighted by molar-refractivity contribution is 6.03. The maximum Gasteiger partial charge on any atom is 0.274 e. The molecule has 33 heavy (non-hydrogen) atoms. The van der Waals surface area contributed by atoms with Crippen LogP contribution in [-0.4, -0.2) is 42.8 Å². The van der Waals surface area contributed by atoms with Crippen LogP contribution in [0.4, 0.5) is 20.3 Å². The highest BCUT2D eigenvalue weighted by Crippen LogP contribution is 2.52. The molecule has 1 N–H and O–H groups in total. The van der Waals surface area contributed by atoms with Gasteiger partial charge in [-0.2, -0.15) is 0 Å². The number of carbonyl (C=O) groups is 1. The molecular weight excluding hydrogens is 428 g/mol. The predicted molar refractivity (Wildman–Crippen MR) is 121 cm³/mol. The minimum Gasteiger partial charge on any atom is -0.484 e. The van der Waals surface area contributed by atoms with Gasteiger partial charge in [-0.25, -0.2) is 13.8 Å². The Labute approximate surface area is 192 Å². The summed E-state index contributed by atoms with van der Waals surface area (Å²) in [6, 6.07) is 5.67. The molecule has 2 atom stereocenters. The highest BCUT2D eigenvalue weighted by Gasteiger charge is 2.47. The molecule has 0 bridgehead atoms. The van der Waals surface area contributed by atoms with Gasteiger partial charge in [-0.1, -0.05) is 13.0 Å². The van der Waals surface area contributed by atoms with Gasteiger partial charge in [0, 0.05) is 38.0 Å². The number of pyridine rings is 1. The van der Waals surface area contributed by atoms with Gasteiger partial charge in [-0.15, -0.1) is 0 Å². The molecule has 1 amide bonds. The molecule has 1 aliphatic heterocycles. The van der Waals surface area contributed by atoms with E-state index in [1.165, 1.54) is 6.42 Å². The molecule has 2 saturated carbocycles. The van der Waals surface area contributed by atoms with E-state index in [9.17, 15) is 13.6 Å². The summed E-state index contributed by atoms with van der Waals surface area (Å²) in [7, 11) is 1.68. The Bertz CT molecular complexity index is 1050. The summed E-state index contributed by atoms with van der Waals surface area (Å²) in [6.07, 6.45) is 3.53. The lowest BCUT2D eigenvalue weighted by atomic mass is 9.95. The molecule has 176 valence electrons. The Morgan fingerprint density at radius 1 is 1.18 bits per heavy atom. The number of hydrogen-bond donors (Lipinski definition) is 1. The summed E-state index contributed by atoms with van der Waals surface area (Å²) in [5, 5.41) is 2.56. The van der Waals surface area contributed by atoms with Crippen molar-refractivity contribution in [1.29, 1.82) is 0 Å². The molecule has 1 aromatic carbocycles. The predicted octanol–water partition coefficient (Wildman–Crippen LogP) is 4.58. The summed E-state index contributed by atoms with van der Waals surface area (Å²) in [5.41, 5.74) is 0.991. The van der Waals surface area contributed by atoms with Crippen LogP contribution in [0.25, 0.3) is 0 Å². The van der Waals surface area contributed by atoms with Crippen molar-refractivity contribution in [3.05, 3.63) is 47.2 Å². The van der Waals surface area contributed by atoms with E-state index in [1.54, 1.807) is 13.2 Å². The van der Waals surface area contributed by atoms with Crippen molar-refractivity contribution in [2.45, 2.75) is 51.2 Å². The van der Waals surface area contributed by atoms with Gasteiger partial charge in [0.25, 0.3) is 5.91 Å². The number of carbonyl (C=O) groups excluding carboxylic acids is 1. The molecule has 2 unspecified atom stereocenters. The lowest BCUT2D eigenvalue weighted by Crippen LogP contribution is -2.61. The van der Waals surface area contributed by atoms with Gasteiger partial charge in [0.15, 0.2) is 17.4 Å². The zero-order valence-electron chi connectivity index (χ0n) is 19.2. The van der Waals surface area contributed by atoms with E-state index >= 15 is 0 Å². The first-order valence-corrected chi connectivity index (χ1v) is 11.6. The second-order valence-corrected chi connectivity index (χ2v) is 9.73. The van der Waals surface area contributed by atoms with Crippen LogP contribution in [0.2, 0.25) is 0 Å². The largest absolute Gasteiger partial charge is 0.484 e. The van der Waals surface area contributed by atoms with Crippen molar-refractivity contribution in [3.63, 3.8) is 0 Å². The molecule has 6 nitrogen and oxygen atoms in total. The SMILES string of the molecule is CCc1ccc(C(=O)Nc2cc(F)c(OC3CC4CC4C3)c(F)c2)nc1N1CC(C)(OC)C1. The molecular formula is C25H29F2N3O3. The van der Waals surface area contributed by atoms with Gasteiger partial charge in [0.2, 0.25) is 0 Å². The number of ether oxygens (including phenoxy) is 2. The third-order valence-corrected chi connectivity index (χ3v) is 7.15. The van der Waals surface area contributed by atoms with E-state index in [0.717, 1.165) is 42.8 Å². The molecule has 3 fully saturated rings. The van der Waals surface area contributed by atoms with Crippen LogP contribution in [0.1, 0.15) is 49.2 Å². The number of aromatic nitrogens is 1. The summed E-state index contributed by atoms with van der Waals surface area (Å²) in [6.45, 7) is 5.40. The highest BCUT2D eigenvalue weighted by atomic mass is 19.1. The number of hydrogen-bond acceptors (Lipinski definition) is 5. The quantitative estimate of drug-likeness (QED) is 0.660. The zero-order chi connectivity index (χ0) is 23.3. The lowest BCUT2D eigenvalue weighted by Gasteiger charge is -2.48. The number of nitrogens with one attached hydrogen (secondary N) is 1. The number of benzene rings is 1. The molecule has 1 saturated heterocycles. The van der Waals surface area contributed by atoms with Crippen LogP contribution >= 0.6 is 0 Å². The molecule has 2 aromatic rings. The third-order valence-electron chi connectivity index (χ3n) is 7.15. The van der Waals surface area contributed by atoms with E-state index in [2.05, 4.69) is 15.2 Å². The minimum atomic E-state index is -0.819. The van der Waals surface area contributed by atoms with Crippen molar-refractivity contribution >= 4 is 17.4 Å². The number of amides is 1. The van der Waals surface area contributed by atoms with Crippen LogP contribution in [-0.2, 0) is 11.2 Å². The smallest absolute Gasteiger partial charge is 0.274 e. The summed E-state index contributed by atoms with van der Waals surface area (Å²) in [4.78, 5) is 19.4. The van der Waals surface area contributed by atoms with Crippen molar-refractivity contribution in [2.24, 2.45) is 11.8 Å². The first-order chi connectivity index (χ1) is 15.8. The number of aryl methyl sites for hydroxylation is 1. The van der Waals surface area contributed by atoms with E-state index in [0.29, 0.717) is 24.9 Å². The normalized spacial score (nSPS) is 24.8. The second-order valence-electron chi connectivity index (χ2n) is 9.73. The monoisotopic (exact) mass is 457 g/mol. The Morgan fingerprint density at radius 3 is 2.45 bits per heavy atom. The van der Waals surface area contributed by atoms with Crippen LogP contribution in [0, 0.1) is 23.5 Å². The van der Waals surface area contributed by atoms with Crippen LogP contribution < -0.4 is 15.0 Å². The summed E-state index contributed by atoms with van der Waals surface area (Å²) in [5.74, 6) is -0.509. The first-order valence-electron chi connectivity index (χ1n) is 11.6. The van der Waals surface area contributed by atoms with Crippen molar-refractivity contribution < 1.29 is 23.0 Å². The van der Waals surface area contributed by atoms with E-state index in [4.69, 9.17) is 9.47 Å². The molecule has 5 rings (SSSR count). The van der Waals surface area contributed by atoms with Crippen LogP contribution in [0.15, 0.2) is 24.3 Å². The van der Waals surface area contributed by atoms with Crippen LogP contribution in [0.5, 0.6) is 5.75 Å². The van der Waals surface area contributed by atoms with Crippen molar-refractivity contribution in [1.82, 2.24) is 4.98 Å². The van der Waals surface area contributed by atoms with E-state index in [-0.39, 0.29) is 28.8 Å². The van der Waals surface area contributed by atoms with Gasteiger partial charge in [0.1, 0.15) is 11.5 Å². The first kappa shape index (κ1) is 22.1. The number of halogens is 2. The molecule has 0 spiro atoms. The van der Waals surface area contributed by atoms with Gasteiger partial charge in [-0.3, -0.25) is 4.79 Å². The number of methoxy groups -OCH3 is 1. The van der Waals surface area contributed by atoms with Crippen molar-refractivity contribution in [3.8, 4) is 5.75 Å². The number of nitrogens with zero attached hydrogens (tertiary/aromatic N) is 2. The molecule has 2 aliphatic carbocycles. The van der Waals surface area contributed by atoms with Gasteiger partial charge < -0.3 is 19.7 Å². The maximum absolute atomic E-state index is 14.6. The second kappa shape index (κ2) is 8.24. The fraction of sp³-hybridized carbons (Fsp3) is 0.520. The fourth-order valence-corrected chi connectivity index (χ4v) is 5.06. The Balaban J connectivity index is 1.29. The fourth-order valence-electron chi connectivity index (χ4n) is 5.06. The molecule has 3 aliphatic rings. The number of anilines is 2. The maximum atomic E-state index is 14.6. The average molecular weight is 458 g/mol. The number of fused-ring (bicyclic) bond motifs is 1. The Morgan fingerprint density at radius 2 is 1.85 bits per heavy atom. The Kier molecular flexibility index (Phi) is 5.51. The molecule has 0 radical (unpaired) electrons. The molecule has 8 heteroatoms. The zero-order valence-corrected chi connectivity index (χ0v) is 19.2. The number of rotatable bonds is 7. The Hall–Kier alpha value is -2.74. The van der Waals surface area contributed by atoms with Gasteiger partial charge in [-0.05, 0) is 56.1 Å². The minimum absolute atomic E-state index is 0.0236.